The van der Waals surface area contributed by atoms with Crippen LogP contribution in [0.25, 0.3) is 6.08 Å². The molecule has 0 spiro atoms. The second-order valence-electron chi connectivity index (χ2n) is 2.91. The summed E-state index contributed by atoms with van der Waals surface area (Å²) in [7, 11) is 0. The van der Waals surface area contributed by atoms with E-state index in [1.165, 1.54) is 18.2 Å². The van der Waals surface area contributed by atoms with Gasteiger partial charge >= 0.3 is 0 Å². The predicted molar refractivity (Wildman–Crippen MR) is 59.4 cm³/mol. The summed E-state index contributed by atoms with van der Waals surface area (Å²) >= 11 is 3.11. The van der Waals surface area contributed by atoms with Gasteiger partial charge in [-0.1, -0.05) is 28.9 Å². The average Bonchev–Trinajstić information content (AvgIpc) is 2.16. The fourth-order valence-corrected chi connectivity index (χ4v) is 1.42. The third-order valence-corrected chi connectivity index (χ3v) is 2.37. The first-order valence-corrected chi connectivity index (χ1v) is 5.14. The molecule has 0 bridgehead atoms. The Morgan fingerprint density at radius 2 is 2.33 bits per heavy atom. The largest absolute Gasteiger partial charge is 0.259 e. The van der Waals surface area contributed by atoms with Gasteiger partial charge < -0.3 is 0 Å². The lowest BCUT2D eigenvalue weighted by Crippen LogP contribution is -1.97. The third-order valence-electron chi connectivity index (χ3n) is 1.88. The summed E-state index contributed by atoms with van der Waals surface area (Å²) in [5.74, 6) is -0.475. The van der Waals surface area contributed by atoms with Gasteiger partial charge in [0, 0.05) is 22.5 Å². The topological polar surface area (TPSA) is 43.1 Å². The molecule has 1 rings (SSSR count). The molecule has 5 heteroatoms. The Labute approximate surface area is 94.9 Å². The number of halogens is 2. The zero-order valence-electron chi connectivity index (χ0n) is 8.04. The molecule has 0 N–H and O–H groups in total. The number of hydrogen-bond donors (Lipinski definition) is 0. The van der Waals surface area contributed by atoms with E-state index in [9.17, 15) is 14.5 Å². The van der Waals surface area contributed by atoms with Crippen LogP contribution in [-0.2, 0) is 0 Å². The van der Waals surface area contributed by atoms with Crippen LogP contribution in [0.1, 0.15) is 18.9 Å². The number of nitro groups is 1. The summed E-state index contributed by atoms with van der Waals surface area (Å²) in [4.78, 5) is 10.0. The minimum absolute atomic E-state index is 0.00350. The van der Waals surface area contributed by atoms with Crippen LogP contribution in [-0.4, -0.2) is 4.92 Å². The van der Waals surface area contributed by atoms with Crippen molar-refractivity contribution in [3.05, 3.63) is 49.9 Å². The molecule has 0 aromatic heterocycles. The van der Waals surface area contributed by atoms with Crippen molar-refractivity contribution in [1.82, 2.24) is 0 Å². The summed E-state index contributed by atoms with van der Waals surface area (Å²) in [6.07, 6.45) is 1.52. The number of hydrogen-bond acceptors (Lipinski definition) is 2. The van der Waals surface area contributed by atoms with E-state index < -0.39 is 10.7 Å². The van der Waals surface area contributed by atoms with Crippen LogP contribution in [0.2, 0.25) is 0 Å². The lowest BCUT2D eigenvalue weighted by atomic mass is 10.1. The molecule has 0 unspecified atom stereocenters. The highest BCUT2D eigenvalue weighted by Gasteiger charge is 2.09. The molecule has 80 valence electrons. The van der Waals surface area contributed by atoms with Gasteiger partial charge in [-0.2, -0.15) is 0 Å². The molecular formula is C10H9BrFNO2. The minimum Gasteiger partial charge on any atom is -0.259 e. The van der Waals surface area contributed by atoms with Crippen LogP contribution in [0.4, 0.5) is 4.39 Å². The van der Waals surface area contributed by atoms with Gasteiger partial charge in [0.05, 0.1) is 4.92 Å². The highest BCUT2D eigenvalue weighted by Crippen LogP contribution is 2.18. The molecular weight excluding hydrogens is 265 g/mol. The molecule has 0 saturated heterocycles. The number of rotatable bonds is 3. The Kier molecular flexibility index (Phi) is 3.96. The zero-order valence-corrected chi connectivity index (χ0v) is 9.62. The van der Waals surface area contributed by atoms with Crippen molar-refractivity contribution in [2.75, 3.05) is 0 Å². The van der Waals surface area contributed by atoms with Gasteiger partial charge in [-0.15, -0.1) is 0 Å². The van der Waals surface area contributed by atoms with Crippen molar-refractivity contribution in [3.8, 4) is 0 Å². The Morgan fingerprint density at radius 1 is 1.67 bits per heavy atom. The molecule has 0 fully saturated rings. The second kappa shape index (κ2) is 5.02. The molecule has 1 aromatic carbocycles. The van der Waals surface area contributed by atoms with Crippen molar-refractivity contribution in [2.24, 2.45) is 0 Å². The van der Waals surface area contributed by atoms with Gasteiger partial charge in [0.15, 0.2) is 0 Å². The third kappa shape index (κ3) is 3.13. The van der Waals surface area contributed by atoms with Gasteiger partial charge in [0.1, 0.15) is 5.82 Å². The van der Waals surface area contributed by atoms with Crippen molar-refractivity contribution >= 4 is 22.0 Å². The number of benzene rings is 1. The van der Waals surface area contributed by atoms with Crippen molar-refractivity contribution in [1.29, 1.82) is 0 Å². The van der Waals surface area contributed by atoms with Crippen molar-refractivity contribution < 1.29 is 9.31 Å². The normalized spacial score (nSPS) is 11.5. The van der Waals surface area contributed by atoms with Crippen LogP contribution in [0, 0.1) is 15.9 Å². The van der Waals surface area contributed by atoms with Gasteiger partial charge in [-0.05, 0) is 12.1 Å². The van der Waals surface area contributed by atoms with Gasteiger partial charge in [0.25, 0.3) is 0 Å². The van der Waals surface area contributed by atoms with E-state index in [0.717, 1.165) is 0 Å². The maximum atomic E-state index is 13.3. The van der Waals surface area contributed by atoms with Crippen LogP contribution in [0.3, 0.4) is 0 Å². The average molecular weight is 274 g/mol. The second-order valence-corrected chi connectivity index (χ2v) is 3.83. The van der Waals surface area contributed by atoms with Crippen molar-refractivity contribution in [2.45, 2.75) is 13.3 Å². The van der Waals surface area contributed by atoms with E-state index >= 15 is 0 Å². The summed E-state index contributed by atoms with van der Waals surface area (Å²) in [6, 6.07) is 4.42. The van der Waals surface area contributed by atoms with Crippen LogP contribution in [0.5, 0.6) is 0 Å². The molecule has 3 nitrogen and oxygen atoms in total. The first-order chi connectivity index (χ1) is 7.04. The minimum atomic E-state index is -0.499. The van der Waals surface area contributed by atoms with Crippen molar-refractivity contribution in [3.63, 3.8) is 0 Å². The quantitative estimate of drug-likeness (QED) is 0.624. The highest BCUT2D eigenvalue weighted by molar-refractivity contribution is 9.10. The molecule has 0 amide bonds. The highest BCUT2D eigenvalue weighted by atomic mass is 79.9. The van der Waals surface area contributed by atoms with E-state index in [2.05, 4.69) is 15.9 Å². The van der Waals surface area contributed by atoms with E-state index in [0.29, 0.717) is 4.47 Å². The summed E-state index contributed by atoms with van der Waals surface area (Å²) < 4.78 is 13.9. The van der Waals surface area contributed by atoms with Gasteiger partial charge in [-0.25, -0.2) is 4.39 Å². The molecule has 0 aliphatic rings. The van der Waals surface area contributed by atoms with E-state index in [4.69, 9.17) is 0 Å². The zero-order chi connectivity index (χ0) is 11.4. The predicted octanol–water partition coefficient (Wildman–Crippen LogP) is 3.62. The summed E-state index contributed by atoms with van der Waals surface area (Å²) in [5, 5.41) is 10.5. The first kappa shape index (κ1) is 11.8. The van der Waals surface area contributed by atoms with E-state index in [-0.39, 0.29) is 17.7 Å². The summed E-state index contributed by atoms with van der Waals surface area (Å²) in [5.41, 5.74) is 0.225. The Hall–Kier alpha value is -1.23. The maximum absolute atomic E-state index is 13.3. The summed E-state index contributed by atoms with van der Waals surface area (Å²) in [6.45, 7) is 1.66. The van der Waals surface area contributed by atoms with E-state index in [1.807, 2.05) is 0 Å². The van der Waals surface area contributed by atoms with Crippen LogP contribution < -0.4 is 0 Å². The number of allylic oxidation sites excluding steroid dienone is 1. The van der Waals surface area contributed by atoms with E-state index in [1.54, 1.807) is 13.0 Å². The molecule has 0 saturated carbocycles. The monoisotopic (exact) mass is 273 g/mol. The molecule has 0 aliphatic carbocycles. The smallest absolute Gasteiger partial charge is 0.246 e. The SMILES string of the molecule is CC/C(=C/c1ccc(Br)cc1F)[N+](=O)[O-]. The Balaban J connectivity index is 3.12. The molecule has 1 aromatic rings. The molecule has 0 heterocycles. The first-order valence-electron chi connectivity index (χ1n) is 4.34. The standard InChI is InChI=1S/C10H9BrFNO2/c1-2-9(13(14)15)5-7-3-4-8(11)6-10(7)12/h3-6H,2H2,1H3/b9-5-. The molecule has 0 atom stereocenters. The van der Waals surface area contributed by atoms with Gasteiger partial charge in [-0.3, -0.25) is 10.1 Å². The lowest BCUT2D eigenvalue weighted by molar-refractivity contribution is -0.425. The Morgan fingerprint density at radius 3 is 2.80 bits per heavy atom. The number of nitrogens with zero attached hydrogens (tertiary/aromatic N) is 1. The maximum Gasteiger partial charge on any atom is 0.246 e. The fourth-order valence-electron chi connectivity index (χ4n) is 1.08. The lowest BCUT2D eigenvalue weighted by Gasteiger charge is -1.98. The Bertz CT molecular complexity index is 418. The van der Waals surface area contributed by atoms with Crippen LogP contribution >= 0.6 is 15.9 Å². The molecule has 0 aliphatic heterocycles. The van der Waals surface area contributed by atoms with Gasteiger partial charge in [0.2, 0.25) is 5.70 Å². The molecule has 0 radical (unpaired) electrons. The molecule has 15 heavy (non-hydrogen) atoms. The van der Waals surface area contributed by atoms with Crippen LogP contribution in [0.15, 0.2) is 28.4 Å². The fraction of sp³-hybridized carbons (Fsp3) is 0.200.